The van der Waals surface area contributed by atoms with Crippen LogP contribution in [0.15, 0.2) is 59.2 Å². The maximum Gasteiger partial charge on any atom is 0.358 e. The third-order valence-corrected chi connectivity index (χ3v) is 16.8. The smallest absolute Gasteiger partial charge is 0.358 e. The summed E-state index contributed by atoms with van der Waals surface area (Å²) in [5.41, 5.74) is 4.05. The van der Waals surface area contributed by atoms with Gasteiger partial charge in [0.2, 0.25) is 5.91 Å². The van der Waals surface area contributed by atoms with Crippen molar-refractivity contribution in [2.24, 2.45) is 11.8 Å². The molecule has 0 aromatic heterocycles. The summed E-state index contributed by atoms with van der Waals surface area (Å²) < 4.78 is 24.3. The van der Waals surface area contributed by atoms with Crippen LogP contribution in [0.2, 0.25) is 18.1 Å². The van der Waals surface area contributed by atoms with Crippen LogP contribution in [0.25, 0.3) is 0 Å². The van der Waals surface area contributed by atoms with Crippen LogP contribution in [0.1, 0.15) is 97.6 Å². The van der Waals surface area contributed by atoms with Gasteiger partial charge in [0.15, 0.2) is 8.32 Å². The summed E-state index contributed by atoms with van der Waals surface area (Å²) in [6, 6.07) is 3.79. The summed E-state index contributed by atoms with van der Waals surface area (Å²) in [7, 11) is -2.16. The number of hydrogen-bond acceptors (Lipinski definition) is 9. The minimum atomic E-state index is -2.16. The van der Waals surface area contributed by atoms with Gasteiger partial charge in [0, 0.05) is 23.7 Å². The van der Waals surface area contributed by atoms with Gasteiger partial charge in [0.05, 0.1) is 16.9 Å². The molecular weight excluding hydrogens is 699 g/mol. The maximum absolute atomic E-state index is 13.6. The van der Waals surface area contributed by atoms with Gasteiger partial charge in [-0.1, -0.05) is 88.8 Å². The van der Waals surface area contributed by atoms with Crippen molar-refractivity contribution in [3.8, 4) is 11.5 Å². The van der Waals surface area contributed by atoms with Crippen LogP contribution in [0, 0.1) is 11.8 Å². The first-order valence-electron chi connectivity index (χ1n) is 18.1. The predicted molar refractivity (Wildman–Crippen MR) is 212 cm³/mol. The van der Waals surface area contributed by atoms with E-state index in [1.165, 1.54) is 28.3 Å². The molecule has 0 spiro atoms. The number of unbranched alkanes of at least 4 members (excludes halogenated alkanes) is 2. The number of ether oxygens (including phenoxy) is 3. The molecule has 1 aliphatic carbocycles. The Labute approximate surface area is 315 Å². The van der Waals surface area contributed by atoms with Gasteiger partial charge >= 0.3 is 11.2 Å². The Bertz CT molecular complexity index is 1590. The second kappa shape index (κ2) is 16.9. The number of hydrogen-bond donors (Lipinski definition) is 1. The number of benzene rings is 1. The highest BCUT2D eigenvalue weighted by atomic mass is 32.2. The van der Waals surface area contributed by atoms with E-state index in [2.05, 4.69) is 66.9 Å². The van der Waals surface area contributed by atoms with Gasteiger partial charge in [-0.3, -0.25) is 9.69 Å². The normalized spacial score (nSPS) is 22.5. The van der Waals surface area contributed by atoms with Gasteiger partial charge in [-0.05, 0) is 88.2 Å². The van der Waals surface area contributed by atoms with Gasteiger partial charge in [-0.2, -0.15) is 0 Å². The monoisotopic (exact) mass is 755 g/mol. The van der Waals surface area contributed by atoms with E-state index in [9.17, 15) is 14.7 Å². The number of thiocarbonyl (C=S) groups is 1. The van der Waals surface area contributed by atoms with Crippen molar-refractivity contribution in [1.29, 1.82) is 0 Å². The Balaban J connectivity index is 1.59. The van der Waals surface area contributed by atoms with Gasteiger partial charge in [0.25, 0.3) is 0 Å². The molecule has 0 radical (unpaired) electrons. The second-order valence-electron chi connectivity index (χ2n) is 15.6. The molecule has 3 aliphatic rings. The lowest BCUT2D eigenvalue weighted by Crippen LogP contribution is -2.62. The van der Waals surface area contributed by atoms with Crippen LogP contribution < -0.4 is 4.74 Å². The lowest BCUT2D eigenvalue weighted by molar-refractivity contribution is -0.157. The molecule has 1 aromatic carbocycles. The van der Waals surface area contributed by atoms with E-state index in [4.69, 9.17) is 30.9 Å². The van der Waals surface area contributed by atoms with Crippen LogP contribution in [-0.2, 0) is 29.9 Å². The molecular formula is C40H57NO7S2Si. The Morgan fingerprint density at radius 1 is 1.24 bits per heavy atom. The summed E-state index contributed by atoms with van der Waals surface area (Å²) in [5, 5.41) is 11.0. The summed E-state index contributed by atoms with van der Waals surface area (Å²) in [4.78, 5) is 29.0. The molecule has 280 valence electrons. The number of fused-ring (bicyclic) bond motifs is 1. The first-order valence-corrected chi connectivity index (χ1v) is 22.3. The molecule has 51 heavy (non-hydrogen) atoms. The number of carbonyl (C=O) groups is 2. The molecule has 0 saturated carbocycles. The molecule has 8 nitrogen and oxygen atoms in total. The largest absolute Gasteiger partial charge is 0.507 e. The summed E-state index contributed by atoms with van der Waals surface area (Å²) >= 11 is 7.04. The second-order valence-corrected chi connectivity index (χ2v) is 21.9. The standard InChI is InChI=1S/C40H57NO7S2Si/c1-12-14-15-16-27-21-30(42)34(29-20-25(5)17-18-28(29)24(3)4)31(22-27)47-39(49)46-23-32-35(38(44)45-19-13-2)41-36(43)33(37(41)50-32)26(6)48-51(10,11)40(7,8)9/h13,20-22,26,28-29,33,37,42H,2-3,12,14-19,23H2,1,4-11H3/t26-,28+,29-,33+,37-/m1/s1. The van der Waals surface area contributed by atoms with Crippen molar-refractivity contribution in [2.75, 3.05) is 13.2 Å². The number of aryl methyl sites for hydroxylation is 1. The lowest BCUT2D eigenvalue weighted by atomic mass is 9.73. The number of aromatic hydroxyl groups is 1. The molecule has 11 heteroatoms. The molecule has 5 atom stereocenters. The van der Waals surface area contributed by atoms with E-state index in [1.807, 2.05) is 26.0 Å². The molecule has 1 N–H and O–H groups in total. The van der Waals surface area contributed by atoms with E-state index in [0.29, 0.717) is 16.2 Å². The highest BCUT2D eigenvalue weighted by Gasteiger charge is 2.59. The number of esters is 1. The zero-order valence-electron chi connectivity index (χ0n) is 31.9. The van der Waals surface area contributed by atoms with Crippen LogP contribution >= 0.6 is 24.0 Å². The van der Waals surface area contributed by atoms with Gasteiger partial charge in [-0.15, -0.1) is 0 Å². The molecule has 4 rings (SSSR count). The number of allylic oxidation sites excluding steroid dienone is 3. The van der Waals surface area contributed by atoms with Crippen LogP contribution in [0.3, 0.4) is 0 Å². The van der Waals surface area contributed by atoms with Crippen LogP contribution in [0.5, 0.6) is 11.5 Å². The SMILES string of the molecule is C=CCOC(=O)C1=C(COC(=S)Oc2cc(CCCCC)cc(O)c2[C@@H]2C=C(C)CC[C@H]2C(=C)C)S[C@@H]2[C@@H]([C@@H](C)O[Si](C)(C)C(C)(C)C)C(=O)N12. The van der Waals surface area contributed by atoms with Crippen molar-refractivity contribution in [3.63, 3.8) is 0 Å². The van der Waals surface area contributed by atoms with Crippen molar-refractivity contribution < 1.29 is 33.3 Å². The van der Waals surface area contributed by atoms with Crippen molar-refractivity contribution >= 4 is 49.4 Å². The predicted octanol–water partition coefficient (Wildman–Crippen LogP) is 9.70. The fourth-order valence-corrected chi connectivity index (χ4v) is 9.90. The number of thioether (sulfide) groups is 1. The number of nitrogens with zero attached hydrogens (tertiary/aromatic N) is 1. The molecule has 0 bridgehead atoms. The third kappa shape index (κ3) is 9.21. The Morgan fingerprint density at radius 3 is 2.57 bits per heavy atom. The van der Waals surface area contributed by atoms with E-state index in [-0.39, 0.29) is 64.2 Å². The van der Waals surface area contributed by atoms with Gasteiger partial charge in [0.1, 0.15) is 35.8 Å². The highest BCUT2D eigenvalue weighted by Crippen LogP contribution is 2.52. The number of phenolic OH excluding ortho intramolecular Hbond substituents is 1. The maximum atomic E-state index is 13.6. The molecule has 0 unspecified atom stereocenters. The summed E-state index contributed by atoms with van der Waals surface area (Å²) in [5.74, 6) is -0.638. The van der Waals surface area contributed by atoms with E-state index < -0.39 is 20.2 Å². The number of phenols is 1. The van der Waals surface area contributed by atoms with E-state index >= 15 is 0 Å². The zero-order valence-corrected chi connectivity index (χ0v) is 34.6. The van der Waals surface area contributed by atoms with Crippen LogP contribution in [-0.4, -0.2) is 60.1 Å². The minimum absolute atomic E-state index is 0.00476. The number of rotatable bonds is 15. The number of amides is 1. The first kappa shape index (κ1) is 40.9. The molecule has 1 amide bonds. The van der Waals surface area contributed by atoms with Gasteiger partial charge < -0.3 is 23.7 Å². The summed E-state index contributed by atoms with van der Waals surface area (Å²) in [6.07, 6.45) is 9.17. The average molecular weight is 756 g/mol. The Morgan fingerprint density at radius 2 is 1.94 bits per heavy atom. The third-order valence-electron chi connectivity index (χ3n) is 10.6. The zero-order chi connectivity index (χ0) is 37.8. The van der Waals surface area contributed by atoms with Crippen LogP contribution in [0.4, 0.5) is 0 Å². The molecule has 2 aliphatic heterocycles. The highest BCUT2D eigenvalue weighted by molar-refractivity contribution is 8.04. The van der Waals surface area contributed by atoms with Crippen molar-refractivity contribution in [2.45, 2.75) is 123 Å². The molecule has 1 saturated heterocycles. The summed E-state index contributed by atoms with van der Waals surface area (Å²) in [6.45, 7) is 26.9. The number of carbonyl (C=O) groups excluding carboxylic acids is 2. The van der Waals surface area contributed by atoms with E-state index in [1.54, 1.807) is 0 Å². The lowest BCUT2D eigenvalue weighted by Gasteiger charge is -2.48. The molecule has 2 heterocycles. The average Bonchev–Trinajstić information content (AvgIpc) is 3.35. The Kier molecular flexibility index (Phi) is 13.5. The van der Waals surface area contributed by atoms with E-state index in [0.717, 1.165) is 49.7 Å². The topological polar surface area (TPSA) is 94.5 Å². The van der Waals surface area contributed by atoms with Crippen molar-refractivity contribution in [1.82, 2.24) is 4.90 Å². The quantitative estimate of drug-likeness (QED) is 0.0469. The number of β-lactam (4-membered cyclic amide) rings is 1. The fraction of sp³-hybridized carbons (Fsp3) is 0.575. The molecule has 1 fully saturated rings. The first-order chi connectivity index (χ1) is 23.9. The minimum Gasteiger partial charge on any atom is -0.507 e. The Hall–Kier alpha value is -2.86. The fourth-order valence-electron chi connectivity index (χ4n) is 6.81. The molecule has 1 aromatic rings. The van der Waals surface area contributed by atoms with Crippen molar-refractivity contribution in [3.05, 3.63) is 70.3 Å². The van der Waals surface area contributed by atoms with Gasteiger partial charge in [-0.25, -0.2) is 4.79 Å².